The van der Waals surface area contributed by atoms with Crippen LogP contribution in [0.3, 0.4) is 0 Å². The highest BCUT2D eigenvalue weighted by atomic mass is 16.6. The number of nitrogens with zero attached hydrogens (tertiary/aromatic N) is 3. The van der Waals surface area contributed by atoms with Gasteiger partial charge >= 0.3 is 12.1 Å². The Bertz CT molecular complexity index is 956. The first-order valence-electron chi connectivity index (χ1n) is 10.6. The van der Waals surface area contributed by atoms with E-state index in [-0.39, 0.29) is 23.5 Å². The smallest absolute Gasteiger partial charge is 0.410 e. The van der Waals surface area contributed by atoms with Gasteiger partial charge < -0.3 is 14.7 Å². The van der Waals surface area contributed by atoms with Crippen molar-refractivity contribution >= 4 is 12.1 Å². The first kappa shape index (κ1) is 20.4. The summed E-state index contributed by atoms with van der Waals surface area (Å²) in [4.78, 5) is 25.9. The lowest BCUT2D eigenvalue weighted by molar-refractivity contribution is 0.0198. The van der Waals surface area contributed by atoms with Crippen molar-refractivity contribution in [3.8, 4) is 5.69 Å². The number of piperidine rings is 1. The van der Waals surface area contributed by atoms with E-state index in [0.717, 1.165) is 42.6 Å². The van der Waals surface area contributed by atoms with E-state index in [1.807, 2.05) is 32.9 Å². The highest BCUT2D eigenvalue weighted by Crippen LogP contribution is 2.42. The van der Waals surface area contributed by atoms with Crippen LogP contribution in [0.2, 0.25) is 0 Å². The van der Waals surface area contributed by atoms with Gasteiger partial charge in [0.05, 0.1) is 17.6 Å². The Morgan fingerprint density at radius 3 is 2.60 bits per heavy atom. The average molecular weight is 412 g/mol. The summed E-state index contributed by atoms with van der Waals surface area (Å²) in [7, 11) is 0. The third-order valence-electron chi connectivity index (χ3n) is 5.66. The fourth-order valence-corrected chi connectivity index (χ4v) is 4.13. The molecular formula is C23H29N3O4. The van der Waals surface area contributed by atoms with Crippen LogP contribution < -0.4 is 0 Å². The van der Waals surface area contributed by atoms with Gasteiger partial charge in [0.25, 0.3) is 0 Å². The molecule has 1 aliphatic heterocycles. The van der Waals surface area contributed by atoms with Gasteiger partial charge in [0.1, 0.15) is 11.2 Å². The number of hydrogen-bond acceptors (Lipinski definition) is 4. The Kier molecular flexibility index (Phi) is 5.30. The number of aromatic nitrogens is 2. The fourth-order valence-electron chi connectivity index (χ4n) is 4.13. The van der Waals surface area contributed by atoms with Crippen molar-refractivity contribution in [3.05, 3.63) is 47.3 Å². The molecule has 7 heteroatoms. The molecule has 2 fully saturated rings. The van der Waals surface area contributed by atoms with Crippen LogP contribution in [0.4, 0.5) is 4.79 Å². The molecule has 2 aliphatic rings. The number of carboxylic acids is 1. The Hall–Kier alpha value is -2.83. The number of hydrogen-bond donors (Lipinski definition) is 1. The molecule has 1 aromatic heterocycles. The number of ether oxygens (including phenoxy) is 1. The number of carboxylic acid groups (broad SMARTS) is 1. The minimum absolute atomic E-state index is 0.213. The molecule has 160 valence electrons. The van der Waals surface area contributed by atoms with Crippen LogP contribution in [0, 0.1) is 0 Å². The van der Waals surface area contributed by atoms with Crippen LogP contribution in [0.1, 0.15) is 79.9 Å². The summed E-state index contributed by atoms with van der Waals surface area (Å²) in [5.74, 6) is -0.454. The van der Waals surface area contributed by atoms with Gasteiger partial charge in [0.15, 0.2) is 0 Å². The van der Waals surface area contributed by atoms with E-state index >= 15 is 0 Å². The van der Waals surface area contributed by atoms with Gasteiger partial charge in [-0.15, -0.1) is 0 Å². The van der Waals surface area contributed by atoms with E-state index in [1.54, 1.807) is 9.58 Å². The zero-order chi connectivity index (χ0) is 21.5. The van der Waals surface area contributed by atoms with E-state index in [9.17, 15) is 14.7 Å². The summed E-state index contributed by atoms with van der Waals surface area (Å²) in [5, 5.41) is 13.9. The van der Waals surface area contributed by atoms with Crippen molar-refractivity contribution in [2.75, 3.05) is 13.1 Å². The molecule has 0 radical (unpaired) electrons. The predicted octanol–water partition coefficient (Wildman–Crippen LogP) is 4.56. The molecule has 7 nitrogen and oxygen atoms in total. The lowest BCUT2D eigenvalue weighted by Gasteiger charge is -2.34. The molecule has 1 atom stereocenters. The summed E-state index contributed by atoms with van der Waals surface area (Å²) >= 11 is 0. The molecule has 1 amide bonds. The zero-order valence-corrected chi connectivity index (χ0v) is 17.8. The van der Waals surface area contributed by atoms with E-state index < -0.39 is 11.6 Å². The third kappa shape index (κ3) is 4.35. The summed E-state index contributed by atoms with van der Waals surface area (Å²) in [6.45, 7) is 6.96. The van der Waals surface area contributed by atoms with Crippen LogP contribution in [0.25, 0.3) is 5.69 Å². The molecule has 0 spiro atoms. The summed E-state index contributed by atoms with van der Waals surface area (Å²) < 4.78 is 7.32. The summed E-state index contributed by atoms with van der Waals surface area (Å²) in [5.41, 5.74) is 2.58. The number of likely N-dealkylation sites (tertiary alicyclic amines) is 1. The van der Waals surface area contributed by atoms with Crippen LogP contribution >= 0.6 is 0 Å². The van der Waals surface area contributed by atoms with Gasteiger partial charge in [-0.25, -0.2) is 14.3 Å². The van der Waals surface area contributed by atoms with Gasteiger partial charge in [-0.2, -0.15) is 5.10 Å². The molecule has 4 rings (SSSR count). The Morgan fingerprint density at radius 2 is 1.93 bits per heavy atom. The quantitative estimate of drug-likeness (QED) is 0.797. The SMILES string of the molecule is CC(C)(C)OC(=O)N1CCCC(c2cccc(-n3ncc(C(=O)O)c3C3CC3)c2)C1. The highest BCUT2D eigenvalue weighted by molar-refractivity contribution is 5.89. The molecule has 1 aliphatic carbocycles. The molecule has 1 unspecified atom stereocenters. The first-order chi connectivity index (χ1) is 14.2. The number of carbonyl (C=O) groups excluding carboxylic acids is 1. The molecule has 30 heavy (non-hydrogen) atoms. The molecule has 1 aromatic carbocycles. The van der Waals surface area contributed by atoms with Crippen LogP contribution in [-0.2, 0) is 4.74 Å². The van der Waals surface area contributed by atoms with Gasteiger partial charge in [0.2, 0.25) is 0 Å². The average Bonchev–Trinajstić information content (AvgIpc) is 3.44. The lowest BCUT2D eigenvalue weighted by Crippen LogP contribution is -2.42. The molecule has 0 bridgehead atoms. The predicted molar refractivity (Wildman–Crippen MR) is 112 cm³/mol. The Labute approximate surface area is 176 Å². The van der Waals surface area contributed by atoms with Gasteiger partial charge in [-0.05, 0) is 64.2 Å². The molecule has 2 heterocycles. The number of aromatic carboxylic acids is 1. The molecule has 1 saturated heterocycles. The second kappa shape index (κ2) is 7.78. The number of carbonyl (C=O) groups is 2. The second-order valence-electron chi connectivity index (χ2n) is 9.30. The van der Waals surface area contributed by atoms with Crippen molar-refractivity contribution in [2.24, 2.45) is 0 Å². The molecular weight excluding hydrogens is 382 g/mol. The van der Waals surface area contributed by atoms with E-state index in [4.69, 9.17) is 4.74 Å². The summed E-state index contributed by atoms with van der Waals surface area (Å²) in [6.07, 6.45) is 5.10. The third-order valence-corrected chi connectivity index (χ3v) is 5.66. The van der Waals surface area contributed by atoms with Crippen LogP contribution in [0.15, 0.2) is 30.5 Å². The number of benzene rings is 1. The maximum absolute atomic E-state index is 12.5. The molecule has 1 N–H and O–H groups in total. The number of amides is 1. The first-order valence-corrected chi connectivity index (χ1v) is 10.6. The van der Waals surface area contributed by atoms with Crippen molar-refractivity contribution in [1.29, 1.82) is 0 Å². The molecule has 1 saturated carbocycles. The van der Waals surface area contributed by atoms with E-state index in [2.05, 4.69) is 17.2 Å². The van der Waals surface area contributed by atoms with Crippen molar-refractivity contribution in [3.63, 3.8) is 0 Å². The topological polar surface area (TPSA) is 84.7 Å². The zero-order valence-electron chi connectivity index (χ0n) is 17.8. The lowest BCUT2D eigenvalue weighted by atomic mass is 9.90. The largest absolute Gasteiger partial charge is 0.478 e. The number of rotatable bonds is 4. The van der Waals surface area contributed by atoms with Crippen molar-refractivity contribution in [1.82, 2.24) is 14.7 Å². The molecule has 2 aromatic rings. The minimum atomic E-state index is -0.931. The normalized spacial score (nSPS) is 19.6. The van der Waals surface area contributed by atoms with Crippen molar-refractivity contribution in [2.45, 2.75) is 63.9 Å². The maximum atomic E-state index is 12.5. The second-order valence-corrected chi connectivity index (χ2v) is 9.30. The van der Waals surface area contributed by atoms with Gasteiger partial charge in [-0.1, -0.05) is 12.1 Å². The van der Waals surface area contributed by atoms with Gasteiger partial charge in [-0.3, -0.25) is 0 Å². The Balaban J connectivity index is 1.57. The monoisotopic (exact) mass is 411 g/mol. The van der Waals surface area contributed by atoms with Crippen LogP contribution in [-0.4, -0.2) is 50.5 Å². The minimum Gasteiger partial charge on any atom is -0.478 e. The maximum Gasteiger partial charge on any atom is 0.410 e. The highest BCUT2D eigenvalue weighted by Gasteiger charge is 2.33. The fraction of sp³-hybridized carbons (Fsp3) is 0.522. The van der Waals surface area contributed by atoms with E-state index in [1.165, 1.54) is 6.20 Å². The van der Waals surface area contributed by atoms with Gasteiger partial charge in [0, 0.05) is 24.9 Å². The Morgan fingerprint density at radius 1 is 1.17 bits per heavy atom. The van der Waals surface area contributed by atoms with E-state index in [0.29, 0.717) is 13.1 Å². The van der Waals surface area contributed by atoms with Crippen LogP contribution in [0.5, 0.6) is 0 Å². The van der Waals surface area contributed by atoms with Crippen molar-refractivity contribution < 1.29 is 19.4 Å². The summed E-state index contributed by atoms with van der Waals surface area (Å²) in [6, 6.07) is 8.09. The standard InChI is InChI=1S/C23H29N3O4/c1-23(2,3)30-22(29)25-11-5-7-17(14-25)16-6-4-8-18(12-16)26-20(15-9-10-15)19(13-24-26)21(27)28/h4,6,8,12-13,15,17H,5,7,9-11,14H2,1-3H3,(H,27,28).